The number of carbonyl (C=O) groups excluding carboxylic acids is 2. The molecule has 0 unspecified atom stereocenters. The van der Waals surface area contributed by atoms with Crippen molar-refractivity contribution in [2.75, 3.05) is 19.6 Å². The summed E-state index contributed by atoms with van der Waals surface area (Å²) in [5.41, 5.74) is 4.07. The quantitative estimate of drug-likeness (QED) is 0.540. The highest BCUT2D eigenvalue weighted by Gasteiger charge is 2.25. The highest BCUT2D eigenvalue weighted by atomic mass is 16.3. The van der Waals surface area contributed by atoms with Crippen LogP contribution in [-0.4, -0.2) is 41.3 Å². The molecule has 0 spiro atoms. The van der Waals surface area contributed by atoms with Gasteiger partial charge in [0, 0.05) is 37.2 Å². The maximum Gasteiger partial charge on any atom is 0.253 e. The number of aromatic nitrogens is 1. The van der Waals surface area contributed by atoms with E-state index in [2.05, 4.69) is 24.1 Å². The number of amides is 2. The van der Waals surface area contributed by atoms with Crippen LogP contribution in [-0.2, 0) is 4.79 Å². The van der Waals surface area contributed by atoms with Crippen molar-refractivity contribution in [2.24, 2.45) is 11.8 Å². The second-order valence-electron chi connectivity index (χ2n) is 9.54. The smallest absolute Gasteiger partial charge is 0.253 e. The normalized spacial score (nSPS) is 14.7. The molecule has 1 aliphatic heterocycles. The first kappa shape index (κ1) is 23.0. The summed E-state index contributed by atoms with van der Waals surface area (Å²) in [5.74, 6) is 1.62. The Morgan fingerprint density at radius 3 is 2.55 bits per heavy atom. The molecule has 2 aromatic carbocycles. The number of fused-ring (bicyclic) bond motifs is 1. The Hall–Kier alpha value is -3.15. The molecular formula is C27H33N3O3. The largest absolute Gasteiger partial charge is 0.436 e. The first-order valence-electron chi connectivity index (χ1n) is 11.9. The topological polar surface area (TPSA) is 75.4 Å². The number of oxazole rings is 1. The molecule has 0 atom stereocenters. The number of benzene rings is 2. The summed E-state index contributed by atoms with van der Waals surface area (Å²) in [6.07, 6.45) is 3.26. The number of aryl methyl sites for hydroxylation is 1. The van der Waals surface area contributed by atoms with Gasteiger partial charge in [-0.25, -0.2) is 4.98 Å². The van der Waals surface area contributed by atoms with Gasteiger partial charge in [-0.2, -0.15) is 0 Å². The minimum absolute atomic E-state index is 0.0108. The predicted molar refractivity (Wildman–Crippen MR) is 130 cm³/mol. The number of nitrogens with zero attached hydrogens (tertiary/aromatic N) is 2. The van der Waals surface area contributed by atoms with Gasteiger partial charge in [-0.1, -0.05) is 31.5 Å². The van der Waals surface area contributed by atoms with E-state index in [9.17, 15) is 9.59 Å². The molecule has 174 valence electrons. The van der Waals surface area contributed by atoms with E-state index in [1.54, 1.807) is 0 Å². The minimum Gasteiger partial charge on any atom is -0.436 e. The van der Waals surface area contributed by atoms with Crippen LogP contribution in [0, 0.1) is 18.8 Å². The number of nitrogens with one attached hydrogen (secondary N) is 1. The molecule has 4 rings (SSSR count). The van der Waals surface area contributed by atoms with Gasteiger partial charge < -0.3 is 14.6 Å². The zero-order valence-electron chi connectivity index (χ0n) is 19.8. The number of piperidine rings is 1. The average molecular weight is 448 g/mol. The maximum absolute atomic E-state index is 13.1. The molecule has 1 aromatic heterocycles. The van der Waals surface area contributed by atoms with Crippen molar-refractivity contribution < 1.29 is 14.0 Å². The summed E-state index contributed by atoms with van der Waals surface area (Å²) in [4.78, 5) is 31.7. The van der Waals surface area contributed by atoms with Gasteiger partial charge in [-0.15, -0.1) is 0 Å². The Balaban J connectivity index is 1.34. The third kappa shape index (κ3) is 5.81. The van der Waals surface area contributed by atoms with Crippen LogP contribution in [0.25, 0.3) is 22.6 Å². The van der Waals surface area contributed by atoms with Crippen LogP contribution >= 0.6 is 0 Å². The van der Waals surface area contributed by atoms with Crippen molar-refractivity contribution in [3.05, 3.63) is 53.6 Å². The van der Waals surface area contributed by atoms with Crippen molar-refractivity contribution in [3.63, 3.8) is 0 Å². The summed E-state index contributed by atoms with van der Waals surface area (Å²) >= 11 is 0. The van der Waals surface area contributed by atoms with Crippen molar-refractivity contribution in [1.82, 2.24) is 15.2 Å². The number of carbonyl (C=O) groups is 2. The van der Waals surface area contributed by atoms with Gasteiger partial charge in [-0.05, 0) is 68.4 Å². The molecule has 2 heterocycles. The van der Waals surface area contributed by atoms with Crippen LogP contribution in [0.4, 0.5) is 0 Å². The SMILES string of the molecule is Cc1ccc(-c2nc3cc(C(=O)N4CCC(CC(=O)NCCC(C)C)CC4)ccc3o2)cc1. The molecule has 1 saturated heterocycles. The number of hydrogen-bond donors (Lipinski definition) is 1. The second-order valence-corrected chi connectivity index (χ2v) is 9.54. The van der Waals surface area contributed by atoms with E-state index in [1.807, 2.05) is 54.3 Å². The predicted octanol–water partition coefficient (Wildman–Crippen LogP) is 5.21. The van der Waals surface area contributed by atoms with Crippen molar-refractivity contribution in [2.45, 2.75) is 46.5 Å². The number of rotatable bonds is 7. The third-order valence-corrected chi connectivity index (χ3v) is 6.35. The van der Waals surface area contributed by atoms with Crippen molar-refractivity contribution in [1.29, 1.82) is 0 Å². The number of hydrogen-bond acceptors (Lipinski definition) is 4. The van der Waals surface area contributed by atoms with Crippen LogP contribution in [0.3, 0.4) is 0 Å². The molecule has 0 aliphatic carbocycles. The molecule has 6 nitrogen and oxygen atoms in total. The number of likely N-dealkylation sites (tertiary alicyclic amines) is 1. The van der Waals surface area contributed by atoms with E-state index in [0.717, 1.165) is 31.4 Å². The Morgan fingerprint density at radius 2 is 1.85 bits per heavy atom. The Morgan fingerprint density at radius 1 is 1.12 bits per heavy atom. The fraction of sp³-hybridized carbons (Fsp3) is 0.444. The maximum atomic E-state index is 13.1. The van der Waals surface area contributed by atoms with Gasteiger partial charge in [0.25, 0.3) is 5.91 Å². The van der Waals surface area contributed by atoms with E-state index in [1.165, 1.54) is 5.56 Å². The van der Waals surface area contributed by atoms with Gasteiger partial charge in [0.05, 0.1) is 0 Å². The highest BCUT2D eigenvalue weighted by molar-refractivity contribution is 5.97. The molecule has 0 bridgehead atoms. The minimum atomic E-state index is 0.0108. The summed E-state index contributed by atoms with van der Waals surface area (Å²) in [5, 5.41) is 3.02. The van der Waals surface area contributed by atoms with Gasteiger partial charge in [0.15, 0.2) is 5.58 Å². The molecule has 2 amide bonds. The zero-order valence-corrected chi connectivity index (χ0v) is 19.8. The van der Waals surface area contributed by atoms with Gasteiger partial charge in [-0.3, -0.25) is 9.59 Å². The van der Waals surface area contributed by atoms with Crippen LogP contribution in [0.1, 0.15) is 55.5 Å². The molecule has 6 heteroatoms. The molecule has 0 radical (unpaired) electrons. The molecule has 33 heavy (non-hydrogen) atoms. The van der Waals surface area contributed by atoms with E-state index >= 15 is 0 Å². The van der Waals surface area contributed by atoms with Gasteiger partial charge in [0.2, 0.25) is 11.8 Å². The lowest BCUT2D eigenvalue weighted by molar-refractivity contribution is -0.122. The van der Waals surface area contributed by atoms with Crippen molar-refractivity contribution in [3.8, 4) is 11.5 Å². The van der Waals surface area contributed by atoms with Crippen LogP contribution in [0.5, 0.6) is 0 Å². The van der Waals surface area contributed by atoms with Crippen LogP contribution in [0.15, 0.2) is 46.9 Å². The summed E-state index contributed by atoms with van der Waals surface area (Å²) < 4.78 is 5.89. The van der Waals surface area contributed by atoms with Crippen molar-refractivity contribution >= 4 is 22.9 Å². The van der Waals surface area contributed by atoms with Gasteiger partial charge in [0.1, 0.15) is 5.52 Å². The fourth-order valence-corrected chi connectivity index (χ4v) is 4.24. The van der Waals surface area contributed by atoms with E-state index in [0.29, 0.717) is 53.9 Å². The zero-order chi connectivity index (χ0) is 23.4. The summed E-state index contributed by atoms with van der Waals surface area (Å²) in [6, 6.07) is 13.5. The molecule has 1 fully saturated rings. The summed E-state index contributed by atoms with van der Waals surface area (Å²) in [6.45, 7) is 8.44. The van der Waals surface area contributed by atoms with E-state index < -0.39 is 0 Å². The molecular weight excluding hydrogens is 414 g/mol. The first-order valence-corrected chi connectivity index (χ1v) is 11.9. The lowest BCUT2D eigenvalue weighted by Crippen LogP contribution is -2.39. The standard InChI is InChI=1S/C27H33N3O3/c1-18(2)10-13-28-25(31)16-20-11-14-30(15-12-20)27(32)22-8-9-24-23(17-22)29-26(33-24)21-6-4-19(3)5-7-21/h4-9,17-18,20H,10-16H2,1-3H3,(H,28,31). The molecule has 3 aromatic rings. The lowest BCUT2D eigenvalue weighted by Gasteiger charge is -2.31. The Labute approximate surface area is 195 Å². The third-order valence-electron chi connectivity index (χ3n) is 6.35. The average Bonchev–Trinajstić information content (AvgIpc) is 3.22. The Kier molecular flexibility index (Phi) is 7.11. The van der Waals surface area contributed by atoms with Gasteiger partial charge >= 0.3 is 0 Å². The van der Waals surface area contributed by atoms with E-state index in [-0.39, 0.29) is 11.8 Å². The molecule has 1 N–H and O–H groups in total. The first-order chi connectivity index (χ1) is 15.9. The molecule has 1 aliphatic rings. The monoisotopic (exact) mass is 447 g/mol. The molecule has 0 saturated carbocycles. The Bertz CT molecular complexity index is 1110. The summed E-state index contributed by atoms with van der Waals surface area (Å²) in [7, 11) is 0. The lowest BCUT2D eigenvalue weighted by atomic mass is 9.92. The van der Waals surface area contributed by atoms with Crippen LogP contribution in [0.2, 0.25) is 0 Å². The second kappa shape index (κ2) is 10.2. The van der Waals surface area contributed by atoms with E-state index in [4.69, 9.17) is 4.42 Å². The fourth-order valence-electron chi connectivity index (χ4n) is 4.24. The van der Waals surface area contributed by atoms with Crippen LogP contribution < -0.4 is 5.32 Å². The highest BCUT2D eigenvalue weighted by Crippen LogP contribution is 2.27.